The van der Waals surface area contributed by atoms with E-state index in [1.165, 1.54) is 0 Å². The summed E-state index contributed by atoms with van der Waals surface area (Å²) >= 11 is 0. The van der Waals surface area contributed by atoms with Crippen molar-refractivity contribution >= 4 is 11.8 Å². The van der Waals surface area contributed by atoms with Gasteiger partial charge in [-0.3, -0.25) is 4.79 Å². The number of carbonyl (C=O) groups excluding carboxylic acids is 2. The van der Waals surface area contributed by atoms with Gasteiger partial charge in [0.25, 0.3) is 0 Å². The van der Waals surface area contributed by atoms with Gasteiger partial charge in [0.2, 0.25) is 0 Å². The number of rotatable bonds is 11. The number of allylic oxidation sites excluding steroid dienone is 1. The second-order valence-corrected chi connectivity index (χ2v) is 12.9. The molecule has 0 spiro atoms. The van der Waals surface area contributed by atoms with Crippen LogP contribution in [-0.4, -0.2) is 66.2 Å². The minimum absolute atomic E-state index is 0.0331. The maximum absolute atomic E-state index is 13.4. The number of aliphatic hydroxyl groups excluding tert-OH is 2. The number of ketones is 1. The minimum atomic E-state index is -0.840. The monoisotopic (exact) mass is 586 g/mol. The van der Waals surface area contributed by atoms with Crippen LogP contribution in [0.4, 0.5) is 0 Å². The summed E-state index contributed by atoms with van der Waals surface area (Å²) in [7, 11) is 1.72. The Morgan fingerprint density at radius 3 is 2.52 bits per heavy atom. The lowest BCUT2D eigenvalue weighted by Crippen LogP contribution is -2.38. The van der Waals surface area contributed by atoms with Gasteiger partial charge in [0.15, 0.2) is 17.3 Å². The van der Waals surface area contributed by atoms with Crippen LogP contribution >= 0.6 is 0 Å². The average Bonchev–Trinajstić information content (AvgIpc) is 3.54. The molecule has 10 atom stereocenters. The molecule has 0 bridgehead atoms. The largest absolute Gasteiger partial charge is 0.504 e. The van der Waals surface area contributed by atoms with Gasteiger partial charge in [0.05, 0.1) is 37.1 Å². The highest BCUT2D eigenvalue weighted by molar-refractivity contribution is 6.20. The van der Waals surface area contributed by atoms with Crippen LogP contribution in [0.3, 0.4) is 0 Å². The molecule has 0 aromatic heterocycles. The van der Waals surface area contributed by atoms with Crippen LogP contribution in [0.1, 0.15) is 79.1 Å². The molecule has 3 heterocycles. The predicted molar refractivity (Wildman–Crippen MR) is 159 cm³/mol. The zero-order valence-corrected chi connectivity index (χ0v) is 25.9. The van der Waals surface area contributed by atoms with Gasteiger partial charge in [-0.15, -0.1) is 0 Å². The number of ether oxygens (including phenoxy) is 4. The highest BCUT2D eigenvalue weighted by atomic mass is 16.6. The highest BCUT2D eigenvalue weighted by Gasteiger charge is 2.43. The molecule has 0 unspecified atom stereocenters. The number of hydrogen-bond donors (Lipinski definition) is 2. The number of hydrogen-bond acceptors (Lipinski definition) is 8. The summed E-state index contributed by atoms with van der Waals surface area (Å²) in [5, 5.41) is 20.8. The van der Waals surface area contributed by atoms with Gasteiger partial charge in [0.1, 0.15) is 5.57 Å². The molecule has 4 rings (SSSR count). The molecule has 0 radical (unpaired) electrons. The van der Waals surface area contributed by atoms with E-state index in [9.17, 15) is 19.8 Å². The lowest BCUT2D eigenvalue weighted by Gasteiger charge is -2.40. The minimum Gasteiger partial charge on any atom is -0.504 e. The molecule has 2 saturated heterocycles. The molecule has 0 aromatic carbocycles. The van der Waals surface area contributed by atoms with Gasteiger partial charge < -0.3 is 29.2 Å². The van der Waals surface area contributed by atoms with Crippen LogP contribution in [0.25, 0.3) is 0 Å². The zero-order chi connectivity index (χ0) is 30.6. The molecule has 1 saturated carbocycles. The quantitative estimate of drug-likeness (QED) is 0.179. The van der Waals surface area contributed by atoms with Crippen LogP contribution in [0.15, 0.2) is 47.5 Å². The third-order valence-corrected chi connectivity index (χ3v) is 10.0. The smallest absolute Gasteiger partial charge is 0.351 e. The molecule has 3 fully saturated rings. The van der Waals surface area contributed by atoms with Crippen molar-refractivity contribution in [1.29, 1.82) is 0 Å². The molecule has 42 heavy (non-hydrogen) atoms. The molecule has 234 valence electrons. The maximum atomic E-state index is 13.4. The number of carbonyl (C=O) groups is 2. The summed E-state index contributed by atoms with van der Waals surface area (Å²) in [4.78, 5) is 25.7. The maximum Gasteiger partial charge on any atom is 0.351 e. The van der Waals surface area contributed by atoms with Gasteiger partial charge in [0, 0.05) is 13.0 Å². The fraction of sp³-hybridized carbons (Fsp3) is 0.706. The van der Waals surface area contributed by atoms with E-state index >= 15 is 0 Å². The Labute approximate surface area is 250 Å². The van der Waals surface area contributed by atoms with E-state index in [1.807, 2.05) is 13.8 Å². The molecule has 4 aliphatic rings. The normalized spacial score (nSPS) is 36.0. The first kappa shape index (κ1) is 32.6. The number of esters is 1. The van der Waals surface area contributed by atoms with E-state index in [-0.39, 0.29) is 72.1 Å². The number of Topliss-reactive ketones (excluding diaryl/α,β-unsaturated/α-hetero) is 1. The predicted octanol–water partition coefficient (Wildman–Crippen LogP) is 5.76. The van der Waals surface area contributed by atoms with Gasteiger partial charge in [-0.25, -0.2) is 4.79 Å². The standard InChI is InChI=1S/C34H50O8/c1-19-9-7-10-24(29(19)21(3)31(36)30-32(37)23(5)40-34(30)38)17-25(18-35)33-20(2)13-14-27(42-33)12-8-11-26-15-16-28(41-26)22(4)39-6/h8,12,17,19-22,24,26-29,33,35,37H,5,7,9-11,13-16,18H2,1-4,6H3/b12-8+,25-17+/t19-,20-,21+,22+,24-,26+,27-,28-,29-,33-/m0/s1. The third kappa shape index (κ3) is 7.26. The molecule has 8 nitrogen and oxygen atoms in total. The first-order chi connectivity index (χ1) is 20.0. The van der Waals surface area contributed by atoms with Crippen LogP contribution in [0, 0.1) is 29.6 Å². The molecule has 0 amide bonds. The van der Waals surface area contributed by atoms with Gasteiger partial charge in [-0.05, 0) is 74.7 Å². The Kier molecular flexibility index (Phi) is 11.3. The summed E-state index contributed by atoms with van der Waals surface area (Å²) in [5.41, 5.74) is 0.552. The topological polar surface area (TPSA) is 112 Å². The molecule has 0 aromatic rings. The summed E-state index contributed by atoms with van der Waals surface area (Å²) in [6.45, 7) is 11.6. The van der Waals surface area contributed by atoms with Crippen LogP contribution in [0.2, 0.25) is 0 Å². The molecule has 2 N–H and O–H groups in total. The summed E-state index contributed by atoms with van der Waals surface area (Å²) in [6, 6.07) is 0. The Balaban J connectivity index is 1.44. The third-order valence-electron chi connectivity index (χ3n) is 10.0. The van der Waals surface area contributed by atoms with E-state index < -0.39 is 23.4 Å². The van der Waals surface area contributed by atoms with E-state index in [0.29, 0.717) is 0 Å². The zero-order valence-electron chi connectivity index (χ0n) is 25.9. The fourth-order valence-electron chi connectivity index (χ4n) is 7.47. The molecule has 8 heteroatoms. The lowest BCUT2D eigenvalue weighted by atomic mass is 9.65. The molecule has 1 aliphatic carbocycles. The van der Waals surface area contributed by atoms with Gasteiger partial charge in [-0.2, -0.15) is 0 Å². The van der Waals surface area contributed by atoms with Crippen LogP contribution < -0.4 is 0 Å². The second-order valence-electron chi connectivity index (χ2n) is 12.9. The first-order valence-corrected chi connectivity index (χ1v) is 15.8. The van der Waals surface area contributed by atoms with Gasteiger partial charge >= 0.3 is 5.97 Å². The summed E-state index contributed by atoms with van der Waals surface area (Å²) in [5.74, 6) is -1.95. The van der Waals surface area contributed by atoms with Crippen molar-refractivity contribution in [3.63, 3.8) is 0 Å². The Bertz CT molecular complexity index is 1090. The van der Waals surface area contributed by atoms with Crippen molar-refractivity contribution in [3.8, 4) is 0 Å². The van der Waals surface area contributed by atoms with E-state index in [0.717, 1.165) is 56.9 Å². The Morgan fingerprint density at radius 1 is 1.10 bits per heavy atom. The Morgan fingerprint density at radius 2 is 1.86 bits per heavy atom. The van der Waals surface area contributed by atoms with Gasteiger partial charge in [-0.1, -0.05) is 58.4 Å². The van der Waals surface area contributed by atoms with E-state index in [1.54, 1.807) is 7.11 Å². The molecular weight excluding hydrogens is 536 g/mol. The number of methoxy groups -OCH3 is 1. The van der Waals surface area contributed by atoms with Crippen molar-refractivity contribution in [3.05, 3.63) is 47.5 Å². The van der Waals surface area contributed by atoms with Crippen LogP contribution in [-0.2, 0) is 28.5 Å². The number of cyclic esters (lactones) is 1. The summed E-state index contributed by atoms with van der Waals surface area (Å²) < 4.78 is 23.1. The van der Waals surface area contributed by atoms with Crippen LogP contribution in [0.5, 0.6) is 0 Å². The molecule has 3 aliphatic heterocycles. The number of aliphatic hydroxyl groups is 2. The Hall–Kier alpha value is -2.26. The SMILES string of the molecule is C=C1OC(=O)C(C(=O)[C@H](C)[C@H]2[C@H](/C=C(\CO)[C@H]3O[C@@H](/C=C/C[C@@H]4CC[C@@H]([C@@H](C)OC)O4)CC[C@@H]3C)CCC[C@@H]2C)=C1O. The molecular formula is C34H50O8. The fourth-order valence-corrected chi connectivity index (χ4v) is 7.47. The summed E-state index contributed by atoms with van der Waals surface area (Å²) in [6.07, 6.45) is 14.3. The van der Waals surface area contributed by atoms with E-state index in [2.05, 4.69) is 38.7 Å². The average molecular weight is 587 g/mol. The van der Waals surface area contributed by atoms with Crippen molar-refractivity contribution in [1.82, 2.24) is 0 Å². The van der Waals surface area contributed by atoms with Crippen molar-refractivity contribution in [2.45, 2.75) is 110 Å². The highest BCUT2D eigenvalue weighted by Crippen LogP contribution is 2.43. The van der Waals surface area contributed by atoms with Crippen molar-refractivity contribution in [2.24, 2.45) is 29.6 Å². The lowest BCUT2D eigenvalue weighted by molar-refractivity contribution is -0.136. The van der Waals surface area contributed by atoms with E-state index in [4.69, 9.17) is 18.9 Å². The van der Waals surface area contributed by atoms with Crippen molar-refractivity contribution in [2.75, 3.05) is 13.7 Å². The van der Waals surface area contributed by atoms with Crippen molar-refractivity contribution < 1.29 is 38.7 Å². The second kappa shape index (κ2) is 14.5. The first-order valence-electron chi connectivity index (χ1n) is 15.8.